The van der Waals surface area contributed by atoms with E-state index in [1.165, 1.54) is 25.2 Å². The maximum atomic E-state index is 3.21. The zero-order valence-corrected chi connectivity index (χ0v) is 10.7. The van der Waals surface area contributed by atoms with Gasteiger partial charge in [-0.15, -0.1) is 24.8 Å². The Bertz CT molecular complexity index is 209. The zero-order chi connectivity index (χ0) is 9.36. The fourth-order valence-electron chi connectivity index (χ4n) is 0.937. The number of halogens is 2. The van der Waals surface area contributed by atoms with E-state index in [4.69, 9.17) is 0 Å². The van der Waals surface area contributed by atoms with Crippen LogP contribution in [0.25, 0.3) is 0 Å². The van der Waals surface area contributed by atoms with Gasteiger partial charge in [-0.1, -0.05) is 18.2 Å². The standard InChI is InChI=1S/C8H11N.C3H7N.2ClH/c1-2-9-8-6-4-3-5-7-8;1-2-4-3-1;;/h3-7,9H,2H2,1H3;4H,1-3H2;2*1H. The molecule has 1 heterocycles. The van der Waals surface area contributed by atoms with Gasteiger partial charge in [-0.2, -0.15) is 0 Å². The average molecular weight is 251 g/mol. The van der Waals surface area contributed by atoms with Gasteiger partial charge in [-0.3, -0.25) is 0 Å². The first-order chi connectivity index (χ1) is 6.43. The monoisotopic (exact) mass is 250 g/mol. The number of benzene rings is 1. The van der Waals surface area contributed by atoms with Crippen LogP contribution in [0.5, 0.6) is 0 Å². The van der Waals surface area contributed by atoms with E-state index < -0.39 is 0 Å². The number of para-hydroxylation sites is 1. The molecule has 88 valence electrons. The van der Waals surface area contributed by atoms with Crippen molar-refractivity contribution in [3.05, 3.63) is 30.3 Å². The topological polar surface area (TPSA) is 24.1 Å². The Balaban J connectivity index is 0. The zero-order valence-electron chi connectivity index (χ0n) is 9.03. The third-order valence-electron chi connectivity index (χ3n) is 1.86. The minimum absolute atomic E-state index is 0. The van der Waals surface area contributed by atoms with Gasteiger partial charge in [0.2, 0.25) is 0 Å². The molecule has 0 unspecified atom stereocenters. The van der Waals surface area contributed by atoms with Crippen LogP contribution in [0.1, 0.15) is 13.3 Å². The van der Waals surface area contributed by atoms with E-state index >= 15 is 0 Å². The van der Waals surface area contributed by atoms with Gasteiger partial charge in [0.25, 0.3) is 0 Å². The summed E-state index contributed by atoms with van der Waals surface area (Å²) in [4.78, 5) is 0. The number of hydrogen-bond acceptors (Lipinski definition) is 2. The number of anilines is 1. The summed E-state index contributed by atoms with van der Waals surface area (Å²) in [6.07, 6.45) is 1.39. The maximum absolute atomic E-state index is 3.21. The highest BCUT2D eigenvalue weighted by molar-refractivity contribution is 5.85. The van der Waals surface area contributed by atoms with Gasteiger partial charge in [0.1, 0.15) is 0 Å². The van der Waals surface area contributed by atoms with Gasteiger partial charge in [-0.05, 0) is 38.6 Å². The van der Waals surface area contributed by atoms with Crippen LogP contribution in [0, 0.1) is 0 Å². The first-order valence-corrected chi connectivity index (χ1v) is 4.93. The highest BCUT2D eigenvalue weighted by Gasteiger charge is 1.92. The summed E-state index contributed by atoms with van der Waals surface area (Å²) in [5, 5.41) is 6.32. The molecular formula is C11H20Cl2N2. The molecule has 2 nitrogen and oxygen atoms in total. The molecule has 2 rings (SSSR count). The third kappa shape index (κ3) is 8.55. The van der Waals surface area contributed by atoms with Gasteiger partial charge in [0.15, 0.2) is 0 Å². The SMILES string of the molecule is C1CNC1.CCNc1ccccc1.Cl.Cl. The molecule has 0 spiro atoms. The number of hydrogen-bond donors (Lipinski definition) is 2. The molecule has 0 aromatic heterocycles. The normalized spacial score (nSPS) is 11.8. The van der Waals surface area contributed by atoms with Crippen LogP contribution in [0.4, 0.5) is 5.69 Å². The Morgan fingerprint density at radius 1 is 1.13 bits per heavy atom. The fraction of sp³-hybridized carbons (Fsp3) is 0.455. The Morgan fingerprint density at radius 2 is 1.60 bits per heavy atom. The van der Waals surface area contributed by atoms with Crippen molar-refractivity contribution < 1.29 is 0 Å². The quantitative estimate of drug-likeness (QED) is 0.844. The van der Waals surface area contributed by atoms with Crippen molar-refractivity contribution in [1.29, 1.82) is 0 Å². The van der Waals surface area contributed by atoms with E-state index in [0.717, 1.165) is 6.54 Å². The molecule has 0 atom stereocenters. The summed E-state index contributed by atoms with van der Waals surface area (Å²) in [7, 11) is 0. The molecule has 0 bridgehead atoms. The first-order valence-electron chi connectivity index (χ1n) is 4.93. The molecule has 0 amide bonds. The summed E-state index contributed by atoms with van der Waals surface area (Å²) in [5.74, 6) is 0. The average Bonchev–Trinajstić information content (AvgIpc) is 2.03. The smallest absolute Gasteiger partial charge is 0.0340 e. The van der Waals surface area contributed by atoms with Crippen molar-refractivity contribution >= 4 is 30.5 Å². The van der Waals surface area contributed by atoms with Crippen molar-refractivity contribution in [2.24, 2.45) is 0 Å². The predicted octanol–water partition coefficient (Wildman–Crippen LogP) is 2.94. The Hall–Kier alpha value is -0.440. The van der Waals surface area contributed by atoms with Gasteiger partial charge < -0.3 is 10.6 Å². The van der Waals surface area contributed by atoms with Crippen LogP contribution in [-0.2, 0) is 0 Å². The van der Waals surface area contributed by atoms with E-state index in [9.17, 15) is 0 Å². The molecule has 1 aliphatic rings. The largest absolute Gasteiger partial charge is 0.385 e. The highest BCUT2D eigenvalue weighted by Crippen LogP contribution is 2.02. The summed E-state index contributed by atoms with van der Waals surface area (Å²) in [5.41, 5.74) is 1.19. The molecule has 1 aliphatic heterocycles. The lowest BCUT2D eigenvalue weighted by Gasteiger charge is -2.09. The highest BCUT2D eigenvalue weighted by atomic mass is 35.5. The lowest BCUT2D eigenvalue weighted by molar-refractivity contribution is 0.527. The molecular weight excluding hydrogens is 231 g/mol. The lowest BCUT2D eigenvalue weighted by Crippen LogP contribution is -2.29. The number of rotatable bonds is 2. The minimum atomic E-state index is 0. The second-order valence-electron chi connectivity index (χ2n) is 3.00. The van der Waals surface area contributed by atoms with Crippen LogP contribution in [0.2, 0.25) is 0 Å². The maximum Gasteiger partial charge on any atom is 0.0340 e. The van der Waals surface area contributed by atoms with Crippen LogP contribution in [0.15, 0.2) is 30.3 Å². The van der Waals surface area contributed by atoms with E-state index in [1.807, 2.05) is 18.2 Å². The molecule has 0 aliphatic carbocycles. The molecule has 1 aromatic carbocycles. The molecule has 2 N–H and O–H groups in total. The van der Waals surface area contributed by atoms with Crippen molar-refractivity contribution in [3.63, 3.8) is 0 Å². The van der Waals surface area contributed by atoms with Crippen molar-refractivity contribution in [2.45, 2.75) is 13.3 Å². The molecule has 0 radical (unpaired) electrons. The molecule has 1 aromatic rings. The van der Waals surface area contributed by atoms with Crippen LogP contribution in [-0.4, -0.2) is 19.6 Å². The molecule has 1 fully saturated rings. The molecule has 15 heavy (non-hydrogen) atoms. The summed E-state index contributed by atoms with van der Waals surface area (Å²) in [6.45, 7) is 5.58. The van der Waals surface area contributed by atoms with Gasteiger partial charge in [0, 0.05) is 12.2 Å². The second-order valence-corrected chi connectivity index (χ2v) is 3.00. The Labute approximate surface area is 105 Å². The van der Waals surface area contributed by atoms with Crippen molar-refractivity contribution in [3.8, 4) is 0 Å². The molecule has 4 heteroatoms. The minimum Gasteiger partial charge on any atom is -0.385 e. The van der Waals surface area contributed by atoms with Crippen molar-refractivity contribution in [2.75, 3.05) is 25.0 Å². The van der Waals surface area contributed by atoms with Crippen LogP contribution >= 0.6 is 24.8 Å². The summed E-state index contributed by atoms with van der Waals surface area (Å²) in [6, 6.07) is 10.2. The van der Waals surface area contributed by atoms with Crippen LogP contribution < -0.4 is 10.6 Å². The summed E-state index contributed by atoms with van der Waals surface area (Å²) < 4.78 is 0. The predicted molar refractivity (Wildman–Crippen MR) is 72.6 cm³/mol. The molecule has 1 saturated heterocycles. The van der Waals surface area contributed by atoms with Crippen LogP contribution in [0.3, 0.4) is 0 Å². The molecule has 0 saturated carbocycles. The Morgan fingerprint density at radius 3 is 1.93 bits per heavy atom. The van der Waals surface area contributed by atoms with E-state index in [0.29, 0.717) is 0 Å². The fourth-order valence-corrected chi connectivity index (χ4v) is 0.937. The third-order valence-corrected chi connectivity index (χ3v) is 1.86. The summed E-state index contributed by atoms with van der Waals surface area (Å²) >= 11 is 0. The van der Waals surface area contributed by atoms with E-state index in [-0.39, 0.29) is 24.8 Å². The second kappa shape index (κ2) is 11.6. The van der Waals surface area contributed by atoms with Gasteiger partial charge >= 0.3 is 0 Å². The first kappa shape index (κ1) is 17.0. The Kier molecular flexibility index (Phi) is 13.2. The lowest BCUT2D eigenvalue weighted by atomic mass is 10.3. The van der Waals surface area contributed by atoms with Crippen molar-refractivity contribution in [1.82, 2.24) is 5.32 Å². The van der Waals surface area contributed by atoms with Gasteiger partial charge in [0.05, 0.1) is 0 Å². The van der Waals surface area contributed by atoms with E-state index in [1.54, 1.807) is 0 Å². The van der Waals surface area contributed by atoms with E-state index in [2.05, 4.69) is 29.7 Å². The van der Waals surface area contributed by atoms with Gasteiger partial charge in [-0.25, -0.2) is 0 Å². The number of nitrogens with one attached hydrogen (secondary N) is 2.